The Kier molecular flexibility index (Phi) is 9.69. The molecule has 2 heterocycles. The average molecular weight is 583 g/mol. The molecule has 14 heteroatoms. The maximum Gasteiger partial charge on any atom is 0.229 e. The van der Waals surface area contributed by atoms with Crippen LogP contribution < -0.4 is 4.74 Å². The predicted octanol–water partition coefficient (Wildman–Crippen LogP) is -1.35. The number of hydrogen-bond acceptors (Lipinski definition) is 14. The third-order valence-electron chi connectivity index (χ3n) is 7.10. The number of ether oxygens (including phenoxy) is 4. The molecule has 14 nitrogen and oxygen atoms in total. The van der Waals surface area contributed by atoms with Gasteiger partial charge in [0, 0.05) is 18.6 Å². The van der Waals surface area contributed by atoms with Gasteiger partial charge in [-0.3, -0.25) is 4.79 Å². The minimum Gasteiger partial charge on any atom is -0.508 e. The van der Waals surface area contributed by atoms with Crippen LogP contribution in [0.3, 0.4) is 0 Å². The van der Waals surface area contributed by atoms with E-state index in [1.165, 1.54) is 19.1 Å². The van der Waals surface area contributed by atoms with Crippen LogP contribution in [0.2, 0.25) is 0 Å². The van der Waals surface area contributed by atoms with Gasteiger partial charge >= 0.3 is 0 Å². The zero-order valence-corrected chi connectivity index (χ0v) is 21.9. The van der Waals surface area contributed by atoms with Gasteiger partial charge in [-0.2, -0.15) is 0 Å². The number of aromatic hydroxyl groups is 3. The first kappa shape index (κ1) is 30.9. The van der Waals surface area contributed by atoms with Crippen LogP contribution >= 0.6 is 0 Å². The van der Waals surface area contributed by atoms with Crippen molar-refractivity contribution >= 4 is 5.78 Å². The molecule has 2 saturated heterocycles. The number of benzene rings is 2. The molecule has 0 amide bonds. The van der Waals surface area contributed by atoms with E-state index in [9.17, 15) is 50.8 Å². The molecular weight excluding hydrogens is 548 g/mol. The maximum absolute atomic E-state index is 12.7. The number of carbonyl (C=O) groups is 1. The molecule has 226 valence electrons. The number of phenols is 3. The summed E-state index contributed by atoms with van der Waals surface area (Å²) >= 11 is 0. The number of aliphatic hydroxyl groups is 6. The van der Waals surface area contributed by atoms with Crippen molar-refractivity contribution in [2.75, 3.05) is 6.61 Å². The summed E-state index contributed by atoms with van der Waals surface area (Å²) in [5.74, 6) is -2.00. The van der Waals surface area contributed by atoms with Crippen LogP contribution in [0, 0.1) is 0 Å². The van der Waals surface area contributed by atoms with Crippen molar-refractivity contribution in [1.29, 1.82) is 0 Å². The Morgan fingerprint density at radius 3 is 2.07 bits per heavy atom. The molecule has 2 aliphatic heterocycles. The molecule has 2 aliphatic rings. The first-order valence-corrected chi connectivity index (χ1v) is 12.9. The Bertz CT molecular complexity index is 1170. The lowest BCUT2D eigenvalue weighted by molar-refractivity contribution is -0.354. The second-order valence-corrected chi connectivity index (χ2v) is 10.0. The molecule has 2 aromatic rings. The van der Waals surface area contributed by atoms with Crippen molar-refractivity contribution in [3.63, 3.8) is 0 Å². The van der Waals surface area contributed by atoms with Crippen LogP contribution in [0.25, 0.3) is 0 Å². The normalized spacial score (nSPS) is 33.8. The monoisotopic (exact) mass is 582 g/mol. The maximum atomic E-state index is 12.7. The third kappa shape index (κ3) is 6.72. The van der Waals surface area contributed by atoms with Crippen molar-refractivity contribution in [1.82, 2.24) is 0 Å². The quantitative estimate of drug-likeness (QED) is 0.156. The fourth-order valence-electron chi connectivity index (χ4n) is 4.70. The smallest absolute Gasteiger partial charge is 0.229 e. The SMILES string of the molecule is C[C@H]1O[C@H](O[C@@H]2[C@@H](Oc3cc(O)c(C(=O)CCc4ccc(O)cc4)c(O)c3)O[C@@H](CO)[C@H](O)[C@H]2O)[C@@H](O)[C@@H](O)[C@@H]1O. The lowest BCUT2D eigenvalue weighted by atomic mass is 9.97. The lowest BCUT2D eigenvalue weighted by Crippen LogP contribution is -2.64. The van der Waals surface area contributed by atoms with E-state index < -0.39 is 85.3 Å². The Labute approximate surface area is 234 Å². The van der Waals surface area contributed by atoms with E-state index >= 15 is 0 Å². The number of hydrogen-bond donors (Lipinski definition) is 9. The fourth-order valence-corrected chi connectivity index (χ4v) is 4.70. The van der Waals surface area contributed by atoms with E-state index in [4.69, 9.17) is 18.9 Å². The molecule has 0 aromatic heterocycles. The van der Waals surface area contributed by atoms with Crippen LogP contribution in [-0.2, 0) is 20.6 Å². The Hall–Kier alpha value is -3.05. The third-order valence-corrected chi connectivity index (χ3v) is 7.10. The summed E-state index contributed by atoms with van der Waals surface area (Å²) in [5.41, 5.74) is 0.385. The summed E-state index contributed by atoms with van der Waals surface area (Å²) in [5, 5.41) is 91.5. The number of rotatable bonds is 9. The van der Waals surface area contributed by atoms with E-state index in [2.05, 4.69) is 0 Å². The van der Waals surface area contributed by atoms with Crippen molar-refractivity contribution in [2.24, 2.45) is 0 Å². The van der Waals surface area contributed by atoms with Crippen molar-refractivity contribution in [3.05, 3.63) is 47.5 Å². The molecular formula is C27H34O14. The molecule has 0 aliphatic carbocycles. The summed E-state index contributed by atoms with van der Waals surface area (Å²) in [7, 11) is 0. The van der Waals surface area contributed by atoms with Crippen molar-refractivity contribution in [2.45, 2.75) is 81.2 Å². The van der Waals surface area contributed by atoms with E-state index in [0.717, 1.165) is 17.7 Å². The van der Waals surface area contributed by atoms with Gasteiger partial charge in [0.1, 0.15) is 65.2 Å². The van der Waals surface area contributed by atoms with Gasteiger partial charge in [-0.05, 0) is 31.0 Å². The molecule has 4 rings (SSSR count). The second-order valence-electron chi connectivity index (χ2n) is 10.0. The Morgan fingerprint density at radius 1 is 0.829 bits per heavy atom. The van der Waals surface area contributed by atoms with Crippen LogP contribution in [-0.4, -0.2) is 120 Å². The van der Waals surface area contributed by atoms with E-state index in [1.807, 2.05) is 0 Å². The number of aryl methyl sites for hydroxylation is 1. The highest BCUT2D eigenvalue weighted by molar-refractivity contribution is 6.01. The van der Waals surface area contributed by atoms with E-state index in [-0.39, 0.29) is 29.9 Å². The fraction of sp³-hybridized carbons (Fsp3) is 0.519. The van der Waals surface area contributed by atoms with Gasteiger partial charge in [-0.15, -0.1) is 0 Å². The largest absolute Gasteiger partial charge is 0.508 e. The Balaban J connectivity index is 1.52. The first-order chi connectivity index (χ1) is 19.4. The van der Waals surface area contributed by atoms with Gasteiger partial charge in [0.05, 0.1) is 12.7 Å². The van der Waals surface area contributed by atoms with Gasteiger partial charge < -0.3 is 64.9 Å². The Morgan fingerprint density at radius 2 is 1.46 bits per heavy atom. The minimum atomic E-state index is -1.77. The highest BCUT2D eigenvalue weighted by atomic mass is 16.8. The molecule has 9 N–H and O–H groups in total. The van der Waals surface area contributed by atoms with Crippen LogP contribution in [0.4, 0.5) is 0 Å². The van der Waals surface area contributed by atoms with Crippen LogP contribution in [0.1, 0.15) is 29.3 Å². The summed E-state index contributed by atoms with van der Waals surface area (Å²) in [4.78, 5) is 12.7. The van der Waals surface area contributed by atoms with Gasteiger partial charge in [-0.25, -0.2) is 0 Å². The van der Waals surface area contributed by atoms with Gasteiger partial charge in [-0.1, -0.05) is 12.1 Å². The standard InChI is InChI=1S/C27H34O14/c1-11-20(33)22(35)24(37)26(38-11)41-25-23(36)21(34)18(10-28)40-27(25)39-14-8-16(31)19(17(32)9-14)15(30)7-4-12-2-5-13(29)6-3-12/h2-3,5-6,8-9,11,18,20-29,31-37H,4,7,10H2,1H3/t11-,18+,20-,21+,22+,23-,24+,25+,26-,27+/m1/s1. The molecule has 2 fully saturated rings. The van der Waals surface area contributed by atoms with Crippen molar-refractivity contribution in [3.8, 4) is 23.0 Å². The number of Topliss-reactive ketones (excluding diaryl/α,β-unsaturated/α-hetero) is 1. The highest BCUT2D eigenvalue weighted by Crippen LogP contribution is 2.36. The zero-order valence-electron chi connectivity index (χ0n) is 21.9. The average Bonchev–Trinajstić information content (AvgIpc) is 2.93. The molecule has 41 heavy (non-hydrogen) atoms. The lowest BCUT2D eigenvalue weighted by Gasteiger charge is -2.45. The molecule has 2 aromatic carbocycles. The van der Waals surface area contributed by atoms with Crippen molar-refractivity contribution < 1.29 is 69.7 Å². The zero-order chi connectivity index (χ0) is 30.0. The topological polar surface area (TPSA) is 236 Å². The summed E-state index contributed by atoms with van der Waals surface area (Å²) in [6.07, 6.45) is -15.3. The van der Waals surface area contributed by atoms with Crippen LogP contribution in [0.15, 0.2) is 36.4 Å². The number of carbonyl (C=O) groups excluding carboxylic acids is 1. The van der Waals surface area contributed by atoms with Gasteiger partial charge in [0.2, 0.25) is 6.29 Å². The first-order valence-electron chi connectivity index (χ1n) is 12.9. The minimum absolute atomic E-state index is 0.0706. The summed E-state index contributed by atoms with van der Waals surface area (Å²) < 4.78 is 22.2. The van der Waals surface area contributed by atoms with Gasteiger partial charge in [0.15, 0.2) is 18.2 Å². The second kappa shape index (κ2) is 12.9. The van der Waals surface area contributed by atoms with Gasteiger partial charge in [0.25, 0.3) is 0 Å². The number of phenolic OH excluding ortho intramolecular Hbond substituents is 3. The molecule has 0 radical (unpaired) electrons. The van der Waals surface area contributed by atoms with Crippen LogP contribution in [0.5, 0.6) is 23.0 Å². The molecule has 0 saturated carbocycles. The number of ketones is 1. The molecule has 0 spiro atoms. The van der Waals surface area contributed by atoms with E-state index in [0.29, 0.717) is 0 Å². The predicted molar refractivity (Wildman–Crippen MR) is 136 cm³/mol. The molecule has 0 unspecified atom stereocenters. The summed E-state index contributed by atoms with van der Waals surface area (Å²) in [6, 6.07) is 8.22. The molecule has 10 atom stereocenters. The number of aliphatic hydroxyl groups excluding tert-OH is 6. The summed E-state index contributed by atoms with van der Waals surface area (Å²) in [6.45, 7) is 0.675. The highest BCUT2D eigenvalue weighted by Gasteiger charge is 2.51. The van der Waals surface area contributed by atoms with E-state index in [1.54, 1.807) is 12.1 Å². The molecule has 0 bridgehead atoms.